The molecule has 0 atom stereocenters. The van der Waals surface area contributed by atoms with E-state index in [0.717, 1.165) is 12.8 Å². The van der Waals surface area contributed by atoms with Gasteiger partial charge in [-0.3, -0.25) is 0 Å². The van der Waals surface area contributed by atoms with E-state index in [1.54, 1.807) is 18.2 Å². The first-order valence-corrected chi connectivity index (χ1v) is 12.2. The third kappa shape index (κ3) is 15.1. The fourth-order valence-corrected chi connectivity index (χ4v) is 3.71. The summed E-state index contributed by atoms with van der Waals surface area (Å²) in [6.45, 7) is 2.74. The van der Waals surface area contributed by atoms with E-state index in [1.807, 2.05) is 0 Å². The summed E-state index contributed by atoms with van der Waals surface area (Å²) in [5.41, 5.74) is 0.414. The van der Waals surface area contributed by atoms with Crippen LogP contribution in [0.25, 0.3) is 0 Å². The number of carbonyl (C=O) groups is 1. The van der Waals surface area contributed by atoms with E-state index in [2.05, 4.69) is 6.92 Å². The van der Waals surface area contributed by atoms with Crippen molar-refractivity contribution in [3.8, 4) is 5.75 Å². The smallest absolute Gasteiger partial charge is 0.338 e. The second-order valence-electron chi connectivity index (χ2n) is 8.34. The maximum absolute atomic E-state index is 11.8. The first-order valence-electron chi connectivity index (χ1n) is 12.2. The molecule has 1 aromatic rings. The van der Waals surface area contributed by atoms with Crippen LogP contribution in [0.2, 0.25) is 0 Å². The minimum atomic E-state index is -0.350. The van der Waals surface area contributed by atoms with Crippen LogP contribution in [-0.2, 0) is 4.74 Å². The normalized spacial score (nSPS) is 10.9. The zero-order chi connectivity index (χ0) is 21.0. The zero-order valence-corrected chi connectivity index (χ0v) is 18.8. The number of unbranched alkanes of at least 4 members (excludes halogenated alkanes) is 16. The van der Waals surface area contributed by atoms with E-state index in [4.69, 9.17) is 4.74 Å². The van der Waals surface area contributed by atoms with E-state index in [1.165, 1.54) is 102 Å². The second-order valence-corrected chi connectivity index (χ2v) is 8.34. The van der Waals surface area contributed by atoms with Crippen LogP contribution in [-0.4, -0.2) is 17.7 Å². The molecule has 1 aromatic carbocycles. The van der Waals surface area contributed by atoms with Crippen molar-refractivity contribution >= 4 is 5.97 Å². The van der Waals surface area contributed by atoms with Crippen LogP contribution in [0, 0.1) is 0 Å². The molecule has 1 N–H and O–H groups in total. The predicted octanol–water partition coefficient (Wildman–Crippen LogP) is 8.20. The lowest BCUT2D eigenvalue weighted by molar-refractivity contribution is 0.0497. The van der Waals surface area contributed by atoms with E-state index in [-0.39, 0.29) is 11.7 Å². The first-order chi connectivity index (χ1) is 14.2. The van der Waals surface area contributed by atoms with Gasteiger partial charge in [0.1, 0.15) is 5.75 Å². The Hall–Kier alpha value is -1.51. The van der Waals surface area contributed by atoms with Gasteiger partial charge in [0.05, 0.1) is 12.2 Å². The molecule has 0 aliphatic rings. The highest BCUT2D eigenvalue weighted by molar-refractivity contribution is 5.89. The van der Waals surface area contributed by atoms with Gasteiger partial charge in [0.25, 0.3) is 0 Å². The molecule has 166 valence electrons. The first kappa shape index (κ1) is 25.5. The molecule has 0 fully saturated rings. The van der Waals surface area contributed by atoms with Crippen LogP contribution in [0.3, 0.4) is 0 Å². The van der Waals surface area contributed by atoms with Crippen molar-refractivity contribution in [2.24, 2.45) is 0 Å². The largest absolute Gasteiger partial charge is 0.508 e. The van der Waals surface area contributed by atoms with Gasteiger partial charge in [-0.25, -0.2) is 4.79 Å². The number of phenolic OH excluding ortho intramolecular Hbond substituents is 1. The molecule has 0 bridgehead atoms. The Balaban J connectivity index is 1.77. The number of hydrogen-bond donors (Lipinski definition) is 1. The summed E-state index contributed by atoms with van der Waals surface area (Å²) in [6.07, 6.45) is 22.8. The minimum Gasteiger partial charge on any atom is -0.508 e. The third-order valence-electron chi connectivity index (χ3n) is 5.56. The molecular formula is C26H44O3. The van der Waals surface area contributed by atoms with Crippen molar-refractivity contribution in [2.75, 3.05) is 6.61 Å². The molecule has 3 heteroatoms. The molecule has 0 heterocycles. The van der Waals surface area contributed by atoms with Crippen molar-refractivity contribution in [1.29, 1.82) is 0 Å². The highest BCUT2D eigenvalue weighted by atomic mass is 16.5. The van der Waals surface area contributed by atoms with Gasteiger partial charge in [-0.15, -0.1) is 0 Å². The topological polar surface area (TPSA) is 46.5 Å². The van der Waals surface area contributed by atoms with Crippen LogP contribution in [0.15, 0.2) is 24.3 Å². The van der Waals surface area contributed by atoms with Crippen molar-refractivity contribution in [2.45, 2.75) is 116 Å². The minimum absolute atomic E-state index is 0.0947. The van der Waals surface area contributed by atoms with Crippen LogP contribution >= 0.6 is 0 Å². The highest BCUT2D eigenvalue weighted by Crippen LogP contribution is 2.15. The summed E-state index contributed by atoms with van der Waals surface area (Å²) in [5, 5.41) is 9.38. The summed E-state index contributed by atoms with van der Waals surface area (Å²) in [5.74, 6) is -0.255. The predicted molar refractivity (Wildman–Crippen MR) is 123 cm³/mol. The number of ether oxygens (including phenoxy) is 1. The van der Waals surface area contributed by atoms with E-state index >= 15 is 0 Å². The summed E-state index contributed by atoms with van der Waals surface area (Å²) >= 11 is 0. The van der Waals surface area contributed by atoms with E-state index in [9.17, 15) is 9.90 Å². The molecule has 0 saturated heterocycles. The Labute approximate surface area is 179 Å². The molecule has 0 radical (unpaired) electrons. The Bertz CT molecular complexity index is 512. The number of rotatable bonds is 19. The van der Waals surface area contributed by atoms with E-state index < -0.39 is 0 Å². The van der Waals surface area contributed by atoms with Gasteiger partial charge < -0.3 is 9.84 Å². The number of phenols is 1. The average molecular weight is 405 g/mol. The Kier molecular flexibility index (Phi) is 16.3. The van der Waals surface area contributed by atoms with Gasteiger partial charge >= 0.3 is 5.97 Å². The molecular weight excluding hydrogens is 360 g/mol. The summed E-state index contributed by atoms with van der Waals surface area (Å²) in [4.78, 5) is 11.8. The van der Waals surface area contributed by atoms with Crippen molar-refractivity contribution < 1.29 is 14.6 Å². The summed E-state index contributed by atoms with van der Waals surface area (Å²) in [7, 11) is 0. The molecule has 0 unspecified atom stereocenters. The lowest BCUT2D eigenvalue weighted by Crippen LogP contribution is -2.06. The Morgan fingerprint density at radius 3 is 1.62 bits per heavy atom. The van der Waals surface area contributed by atoms with Crippen LogP contribution < -0.4 is 0 Å². The molecule has 29 heavy (non-hydrogen) atoms. The standard InChI is InChI=1S/C26H44O3/c1-2-3-4-5-6-7-8-9-10-11-12-13-14-15-16-17-18-22-29-26(28)24-20-19-21-25(27)23-24/h19-21,23,27H,2-18,22H2,1H3. The van der Waals surface area contributed by atoms with Gasteiger partial charge in [-0.1, -0.05) is 116 Å². The zero-order valence-electron chi connectivity index (χ0n) is 18.8. The Morgan fingerprint density at radius 1 is 0.724 bits per heavy atom. The van der Waals surface area contributed by atoms with Crippen LogP contribution in [0.4, 0.5) is 0 Å². The monoisotopic (exact) mass is 404 g/mol. The fraction of sp³-hybridized carbons (Fsp3) is 0.731. The number of hydrogen-bond acceptors (Lipinski definition) is 3. The second kappa shape index (κ2) is 18.5. The lowest BCUT2D eigenvalue weighted by Gasteiger charge is -2.05. The maximum Gasteiger partial charge on any atom is 0.338 e. The average Bonchev–Trinajstić information content (AvgIpc) is 2.72. The SMILES string of the molecule is CCCCCCCCCCCCCCCCCCCOC(=O)c1cccc(O)c1. The number of benzene rings is 1. The summed E-state index contributed by atoms with van der Waals surface area (Å²) < 4.78 is 5.26. The van der Waals surface area contributed by atoms with Gasteiger partial charge in [0, 0.05) is 0 Å². The number of carbonyl (C=O) groups excluding carboxylic acids is 1. The lowest BCUT2D eigenvalue weighted by atomic mass is 10.0. The molecule has 0 spiro atoms. The molecule has 0 amide bonds. The molecule has 1 rings (SSSR count). The quantitative estimate of drug-likeness (QED) is 0.187. The van der Waals surface area contributed by atoms with Gasteiger partial charge in [0.15, 0.2) is 0 Å². The molecule has 0 aromatic heterocycles. The van der Waals surface area contributed by atoms with Gasteiger partial charge in [-0.2, -0.15) is 0 Å². The molecule has 0 aliphatic carbocycles. The van der Waals surface area contributed by atoms with Gasteiger partial charge in [0.2, 0.25) is 0 Å². The van der Waals surface area contributed by atoms with Crippen molar-refractivity contribution in [3.05, 3.63) is 29.8 Å². The van der Waals surface area contributed by atoms with Crippen molar-refractivity contribution in [1.82, 2.24) is 0 Å². The number of esters is 1. The number of aromatic hydroxyl groups is 1. The van der Waals surface area contributed by atoms with Crippen molar-refractivity contribution in [3.63, 3.8) is 0 Å². The third-order valence-corrected chi connectivity index (χ3v) is 5.56. The summed E-state index contributed by atoms with van der Waals surface area (Å²) in [6, 6.07) is 6.31. The molecule has 0 aliphatic heterocycles. The molecule has 3 nitrogen and oxygen atoms in total. The van der Waals surface area contributed by atoms with E-state index in [0.29, 0.717) is 12.2 Å². The highest BCUT2D eigenvalue weighted by Gasteiger charge is 2.07. The maximum atomic E-state index is 11.8. The van der Waals surface area contributed by atoms with Crippen LogP contribution in [0.5, 0.6) is 5.75 Å². The molecule has 0 saturated carbocycles. The Morgan fingerprint density at radius 2 is 1.17 bits per heavy atom. The van der Waals surface area contributed by atoms with Crippen LogP contribution in [0.1, 0.15) is 126 Å². The van der Waals surface area contributed by atoms with Gasteiger partial charge in [-0.05, 0) is 24.6 Å². The fourth-order valence-electron chi connectivity index (χ4n) is 3.71.